The van der Waals surface area contributed by atoms with Crippen molar-refractivity contribution in [3.63, 3.8) is 0 Å². The van der Waals surface area contributed by atoms with E-state index in [0.717, 1.165) is 33.1 Å². The summed E-state index contributed by atoms with van der Waals surface area (Å²) in [6.45, 7) is 4.92. The fraction of sp³-hybridized carbons (Fsp3) is 0.115. The molecule has 2 heterocycles. The number of hydrogen-bond acceptors (Lipinski definition) is 2. The zero-order valence-electron chi connectivity index (χ0n) is 16.9. The van der Waals surface area contributed by atoms with E-state index in [1.807, 2.05) is 30.3 Å². The molecule has 5 aromatic rings. The van der Waals surface area contributed by atoms with Gasteiger partial charge in [-0.05, 0) is 73.0 Å². The van der Waals surface area contributed by atoms with Crippen molar-refractivity contribution in [2.75, 3.05) is 0 Å². The summed E-state index contributed by atoms with van der Waals surface area (Å²) < 4.78 is 7.81. The van der Waals surface area contributed by atoms with Gasteiger partial charge >= 0.3 is 0 Å². The molecule has 0 fully saturated rings. The molecule has 1 amide bonds. The van der Waals surface area contributed by atoms with Gasteiger partial charge in [0.2, 0.25) is 5.91 Å². The predicted octanol–water partition coefficient (Wildman–Crippen LogP) is 5.62. The molecule has 2 N–H and O–H groups in total. The van der Waals surface area contributed by atoms with Gasteiger partial charge in [-0.3, -0.25) is 4.79 Å². The van der Waals surface area contributed by atoms with E-state index in [1.54, 1.807) is 12.3 Å². The molecule has 0 aliphatic heterocycles. The summed E-state index contributed by atoms with van der Waals surface area (Å²) in [5.74, 6) is 0.348. The van der Waals surface area contributed by atoms with E-state index in [4.69, 9.17) is 10.2 Å². The quantitative estimate of drug-likeness (QED) is 0.431. The maximum absolute atomic E-state index is 12.1. The molecule has 0 aliphatic rings. The van der Waals surface area contributed by atoms with Crippen LogP contribution in [0, 0.1) is 19.9 Å². The summed E-state index contributed by atoms with van der Waals surface area (Å²) in [5, 5.41) is 1.73. The molecule has 4 heteroatoms. The normalized spacial score (nSPS) is 11.4. The van der Waals surface area contributed by atoms with E-state index in [2.05, 4.69) is 48.7 Å². The van der Waals surface area contributed by atoms with Crippen molar-refractivity contribution in [3.05, 3.63) is 95.2 Å². The van der Waals surface area contributed by atoms with E-state index in [9.17, 15) is 4.79 Å². The maximum Gasteiger partial charge on any atom is 0.249 e. The minimum Gasteiger partial charge on any atom is -0.464 e. The van der Waals surface area contributed by atoms with Gasteiger partial charge in [0.05, 0.1) is 17.3 Å². The van der Waals surface area contributed by atoms with Gasteiger partial charge in [0.15, 0.2) is 0 Å². The Balaban J connectivity index is 1.80. The largest absolute Gasteiger partial charge is 0.464 e. The Morgan fingerprint density at radius 3 is 2.63 bits per heavy atom. The second-order valence-corrected chi connectivity index (χ2v) is 7.69. The van der Waals surface area contributed by atoms with Gasteiger partial charge < -0.3 is 14.7 Å². The molecule has 0 saturated carbocycles. The molecule has 0 aliphatic carbocycles. The summed E-state index contributed by atoms with van der Waals surface area (Å²) in [6, 6.07) is 23.4. The van der Waals surface area contributed by atoms with Crippen molar-refractivity contribution < 1.29 is 9.21 Å². The lowest BCUT2D eigenvalue weighted by atomic mass is 10.0. The Labute approximate surface area is 174 Å². The Kier molecular flexibility index (Phi) is 4.21. The standard InChI is InChI=1S/C26H21N2O2/c1-16-8-9-18(13-17(16)2)15-28-22-6-3-5-21(26(27)29)25(22)20-11-10-19(14-23(20)28)24-7-4-12-30-24/h3-10,12-14H,15H2,1-2H3,(H2,27,29). The van der Waals surface area contributed by atoms with Gasteiger partial charge in [-0.15, -0.1) is 0 Å². The first-order chi connectivity index (χ1) is 14.5. The lowest BCUT2D eigenvalue weighted by molar-refractivity contribution is 0.100. The number of carbonyl (C=O) groups is 1. The summed E-state index contributed by atoms with van der Waals surface area (Å²) >= 11 is 0. The molecule has 2 aromatic heterocycles. The van der Waals surface area contributed by atoms with Gasteiger partial charge in [-0.25, -0.2) is 0 Å². The first-order valence-electron chi connectivity index (χ1n) is 9.89. The van der Waals surface area contributed by atoms with Gasteiger partial charge in [0, 0.05) is 28.4 Å². The van der Waals surface area contributed by atoms with E-state index in [-0.39, 0.29) is 0 Å². The fourth-order valence-electron chi connectivity index (χ4n) is 4.10. The third-order valence-corrected chi connectivity index (χ3v) is 5.78. The van der Waals surface area contributed by atoms with Crippen LogP contribution < -0.4 is 5.73 Å². The number of carbonyl (C=O) groups excluding carboxylic acids is 1. The fourth-order valence-corrected chi connectivity index (χ4v) is 4.10. The first kappa shape index (κ1) is 18.3. The van der Waals surface area contributed by atoms with Gasteiger partial charge in [-0.2, -0.15) is 0 Å². The average Bonchev–Trinajstić information content (AvgIpc) is 3.38. The second kappa shape index (κ2) is 6.92. The molecule has 0 saturated heterocycles. The Hall–Kier alpha value is -3.79. The molecule has 0 unspecified atom stereocenters. The number of fused-ring (bicyclic) bond motifs is 3. The molecule has 1 radical (unpaired) electrons. The lowest BCUT2D eigenvalue weighted by Gasteiger charge is -2.10. The third-order valence-electron chi connectivity index (χ3n) is 5.78. The van der Waals surface area contributed by atoms with Gasteiger partial charge in [-0.1, -0.05) is 24.3 Å². The highest BCUT2D eigenvalue weighted by molar-refractivity contribution is 6.18. The summed E-state index contributed by atoms with van der Waals surface area (Å²) in [6.07, 6.45) is 1.66. The molecule has 0 atom stereocenters. The number of aromatic nitrogens is 1. The van der Waals surface area contributed by atoms with Crippen LogP contribution in [0.25, 0.3) is 33.1 Å². The molecule has 30 heavy (non-hydrogen) atoms. The number of aryl methyl sites for hydroxylation is 2. The topological polar surface area (TPSA) is 61.2 Å². The molecular formula is C26H21N2O2. The highest BCUT2D eigenvalue weighted by Crippen LogP contribution is 2.35. The molecular weight excluding hydrogens is 372 g/mol. The molecule has 0 spiro atoms. The van der Waals surface area contributed by atoms with E-state index in [0.29, 0.717) is 12.1 Å². The number of amides is 1. The van der Waals surface area contributed by atoms with Crippen LogP contribution >= 0.6 is 0 Å². The van der Waals surface area contributed by atoms with Crippen LogP contribution in [0.15, 0.2) is 71.3 Å². The highest BCUT2D eigenvalue weighted by Gasteiger charge is 2.18. The van der Waals surface area contributed by atoms with Crippen LogP contribution in [0.4, 0.5) is 0 Å². The van der Waals surface area contributed by atoms with Gasteiger partial charge in [0.1, 0.15) is 5.76 Å². The van der Waals surface area contributed by atoms with Crippen LogP contribution in [-0.2, 0) is 6.54 Å². The molecule has 0 bridgehead atoms. The van der Waals surface area contributed by atoms with Crippen LogP contribution in [-0.4, -0.2) is 10.5 Å². The number of benzene rings is 3. The van der Waals surface area contributed by atoms with E-state index < -0.39 is 5.91 Å². The van der Waals surface area contributed by atoms with Crippen LogP contribution in [0.3, 0.4) is 0 Å². The van der Waals surface area contributed by atoms with E-state index >= 15 is 0 Å². The number of hydrogen-bond donors (Lipinski definition) is 1. The molecule has 147 valence electrons. The first-order valence-corrected chi connectivity index (χ1v) is 9.89. The predicted molar refractivity (Wildman–Crippen MR) is 120 cm³/mol. The number of primary amides is 1. The van der Waals surface area contributed by atoms with Crippen LogP contribution in [0.1, 0.15) is 27.0 Å². The van der Waals surface area contributed by atoms with Crippen molar-refractivity contribution in [1.29, 1.82) is 0 Å². The summed E-state index contributed by atoms with van der Waals surface area (Å²) in [4.78, 5) is 12.1. The number of furan rings is 1. The number of nitrogens with zero attached hydrogens (tertiary/aromatic N) is 1. The number of nitrogens with two attached hydrogens (primary N) is 1. The SMILES string of the molecule is Cc1ccc(Cn2c3cc(-c4ccco4)c[c]c3c3c(C(N)=O)cccc32)cc1C. The Morgan fingerprint density at radius 1 is 1.03 bits per heavy atom. The van der Waals surface area contributed by atoms with Crippen molar-refractivity contribution in [1.82, 2.24) is 4.57 Å². The Morgan fingerprint density at radius 2 is 1.90 bits per heavy atom. The lowest BCUT2D eigenvalue weighted by Crippen LogP contribution is -2.11. The summed E-state index contributed by atoms with van der Waals surface area (Å²) in [5.41, 5.74) is 12.8. The van der Waals surface area contributed by atoms with Crippen LogP contribution in [0.2, 0.25) is 0 Å². The van der Waals surface area contributed by atoms with Crippen molar-refractivity contribution in [2.45, 2.75) is 20.4 Å². The monoisotopic (exact) mass is 393 g/mol. The molecule has 5 rings (SSSR count). The van der Waals surface area contributed by atoms with E-state index in [1.165, 1.54) is 16.7 Å². The van der Waals surface area contributed by atoms with Gasteiger partial charge in [0.25, 0.3) is 0 Å². The maximum atomic E-state index is 12.1. The minimum absolute atomic E-state index is 0.436. The zero-order chi connectivity index (χ0) is 20.8. The summed E-state index contributed by atoms with van der Waals surface area (Å²) in [7, 11) is 0. The van der Waals surface area contributed by atoms with Crippen molar-refractivity contribution in [2.24, 2.45) is 5.73 Å². The number of rotatable bonds is 4. The third kappa shape index (κ3) is 2.89. The Bertz CT molecular complexity index is 1410. The smallest absolute Gasteiger partial charge is 0.249 e. The zero-order valence-corrected chi connectivity index (χ0v) is 16.9. The van der Waals surface area contributed by atoms with Crippen molar-refractivity contribution >= 4 is 27.7 Å². The van der Waals surface area contributed by atoms with Crippen LogP contribution in [0.5, 0.6) is 0 Å². The second-order valence-electron chi connectivity index (χ2n) is 7.69. The average molecular weight is 393 g/mol. The molecule has 3 aromatic carbocycles. The minimum atomic E-state index is -0.436. The molecule has 4 nitrogen and oxygen atoms in total. The van der Waals surface area contributed by atoms with Crippen molar-refractivity contribution in [3.8, 4) is 11.3 Å². The highest BCUT2D eigenvalue weighted by atomic mass is 16.3.